The number of rotatable bonds is 4. The molecule has 0 saturated carbocycles. The summed E-state index contributed by atoms with van der Waals surface area (Å²) in [6.45, 7) is 8.70. The van der Waals surface area contributed by atoms with Crippen molar-refractivity contribution in [3.63, 3.8) is 0 Å². The van der Waals surface area contributed by atoms with Crippen LogP contribution >= 0.6 is 0 Å². The maximum atomic E-state index is 4.41. The van der Waals surface area contributed by atoms with E-state index in [0.29, 0.717) is 0 Å². The summed E-state index contributed by atoms with van der Waals surface area (Å²) in [4.78, 5) is 4.41. The van der Waals surface area contributed by atoms with E-state index in [0.717, 1.165) is 19.5 Å². The molecule has 1 aromatic heterocycles. The van der Waals surface area contributed by atoms with Crippen molar-refractivity contribution in [2.75, 3.05) is 13.6 Å². The van der Waals surface area contributed by atoms with E-state index in [-0.39, 0.29) is 5.41 Å². The molecule has 1 N–H and O–H groups in total. The summed E-state index contributed by atoms with van der Waals surface area (Å²) >= 11 is 0. The van der Waals surface area contributed by atoms with Crippen molar-refractivity contribution in [1.29, 1.82) is 0 Å². The molecule has 0 atom stereocenters. The second kappa shape index (κ2) is 4.60. The molecule has 0 unspecified atom stereocenters. The largest absolute Gasteiger partial charge is 0.334 e. The van der Waals surface area contributed by atoms with Crippen molar-refractivity contribution >= 4 is 0 Å². The Morgan fingerprint density at radius 3 is 2.71 bits per heavy atom. The van der Waals surface area contributed by atoms with Crippen molar-refractivity contribution in [2.24, 2.45) is 0 Å². The summed E-state index contributed by atoms with van der Waals surface area (Å²) < 4.78 is 2.25. The lowest BCUT2D eigenvalue weighted by molar-refractivity contribution is 0.487. The van der Waals surface area contributed by atoms with Gasteiger partial charge in [-0.1, -0.05) is 20.8 Å². The van der Waals surface area contributed by atoms with Gasteiger partial charge < -0.3 is 9.88 Å². The fourth-order valence-corrected chi connectivity index (χ4v) is 1.56. The second-order valence-electron chi connectivity index (χ2n) is 4.65. The molecule has 14 heavy (non-hydrogen) atoms. The number of nitrogens with zero attached hydrogens (tertiary/aromatic N) is 2. The minimum atomic E-state index is 0.142. The standard InChI is InChI=1S/C11H21N3/c1-11(2,3)10-13-7-9-14(10)8-5-6-12-4/h7,9,12H,5-6,8H2,1-4H3. The van der Waals surface area contributed by atoms with E-state index in [1.165, 1.54) is 5.82 Å². The summed E-state index contributed by atoms with van der Waals surface area (Å²) in [5.41, 5.74) is 0.142. The summed E-state index contributed by atoms with van der Waals surface area (Å²) in [5.74, 6) is 1.17. The number of imidazole rings is 1. The van der Waals surface area contributed by atoms with Crippen molar-refractivity contribution in [3.8, 4) is 0 Å². The number of nitrogens with one attached hydrogen (secondary N) is 1. The minimum absolute atomic E-state index is 0.142. The van der Waals surface area contributed by atoms with Crippen LogP contribution in [0.1, 0.15) is 33.0 Å². The van der Waals surface area contributed by atoms with E-state index in [4.69, 9.17) is 0 Å². The Bertz CT molecular complexity index is 270. The van der Waals surface area contributed by atoms with Crippen LogP contribution in [0.15, 0.2) is 12.4 Å². The first kappa shape index (κ1) is 11.2. The highest BCUT2D eigenvalue weighted by atomic mass is 15.1. The van der Waals surface area contributed by atoms with Crippen LogP contribution < -0.4 is 5.32 Å². The fraction of sp³-hybridized carbons (Fsp3) is 0.727. The van der Waals surface area contributed by atoms with Gasteiger partial charge in [0.25, 0.3) is 0 Å². The molecular formula is C11H21N3. The first-order chi connectivity index (χ1) is 6.55. The number of aromatic nitrogens is 2. The normalized spacial score (nSPS) is 12.0. The van der Waals surface area contributed by atoms with Gasteiger partial charge in [0.15, 0.2) is 0 Å². The van der Waals surface area contributed by atoms with E-state index in [1.807, 2.05) is 13.2 Å². The van der Waals surface area contributed by atoms with Gasteiger partial charge in [0.1, 0.15) is 5.82 Å². The van der Waals surface area contributed by atoms with E-state index in [9.17, 15) is 0 Å². The molecule has 3 heteroatoms. The van der Waals surface area contributed by atoms with E-state index in [1.54, 1.807) is 0 Å². The van der Waals surface area contributed by atoms with Gasteiger partial charge >= 0.3 is 0 Å². The molecule has 0 aliphatic heterocycles. The van der Waals surface area contributed by atoms with E-state index >= 15 is 0 Å². The molecule has 0 radical (unpaired) electrons. The number of hydrogen-bond acceptors (Lipinski definition) is 2. The maximum absolute atomic E-state index is 4.41. The van der Waals surface area contributed by atoms with Crippen molar-refractivity contribution in [1.82, 2.24) is 14.9 Å². The fourth-order valence-electron chi connectivity index (χ4n) is 1.56. The Hall–Kier alpha value is -0.830. The van der Waals surface area contributed by atoms with E-state index in [2.05, 4.69) is 41.8 Å². The average molecular weight is 195 g/mol. The molecule has 80 valence electrons. The predicted molar refractivity (Wildman–Crippen MR) is 59.5 cm³/mol. The number of hydrogen-bond donors (Lipinski definition) is 1. The summed E-state index contributed by atoms with van der Waals surface area (Å²) in [6.07, 6.45) is 5.10. The molecule has 0 spiro atoms. The topological polar surface area (TPSA) is 29.9 Å². The summed E-state index contributed by atoms with van der Waals surface area (Å²) in [7, 11) is 1.98. The molecule has 3 nitrogen and oxygen atoms in total. The van der Waals surface area contributed by atoms with Gasteiger partial charge in [-0.15, -0.1) is 0 Å². The Labute approximate surface area is 86.5 Å². The van der Waals surface area contributed by atoms with Crippen LogP contribution in [0.2, 0.25) is 0 Å². The highest BCUT2D eigenvalue weighted by molar-refractivity contribution is 5.04. The van der Waals surface area contributed by atoms with Gasteiger partial charge in [-0.25, -0.2) is 4.98 Å². The Morgan fingerprint density at radius 2 is 2.14 bits per heavy atom. The molecule has 0 bridgehead atoms. The predicted octanol–water partition coefficient (Wildman–Crippen LogP) is 1.79. The monoisotopic (exact) mass is 195 g/mol. The Kier molecular flexibility index (Phi) is 3.69. The van der Waals surface area contributed by atoms with Crippen molar-refractivity contribution < 1.29 is 0 Å². The first-order valence-electron chi connectivity index (χ1n) is 5.22. The molecule has 0 saturated heterocycles. The lowest BCUT2D eigenvalue weighted by atomic mass is 9.95. The zero-order valence-electron chi connectivity index (χ0n) is 9.67. The van der Waals surface area contributed by atoms with Crippen LogP contribution in [0, 0.1) is 0 Å². The number of aryl methyl sites for hydroxylation is 1. The van der Waals surface area contributed by atoms with Crippen LogP contribution in [0.5, 0.6) is 0 Å². The van der Waals surface area contributed by atoms with Crippen LogP contribution in [0.25, 0.3) is 0 Å². The molecule has 0 aliphatic carbocycles. The van der Waals surface area contributed by atoms with Crippen LogP contribution in [0.4, 0.5) is 0 Å². The van der Waals surface area contributed by atoms with Gasteiger partial charge in [0.2, 0.25) is 0 Å². The van der Waals surface area contributed by atoms with E-state index < -0.39 is 0 Å². The molecule has 1 aromatic rings. The lowest BCUT2D eigenvalue weighted by Gasteiger charge is -2.19. The molecule has 1 rings (SSSR count). The van der Waals surface area contributed by atoms with Gasteiger partial charge in [0, 0.05) is 24.4 Å². The average Bonchev–Trinajstić information content (AvgIpc) is 2.52. The SMILES string of the molecule is CNCCCn1ccnc1C(C)(C)C. The smallest absolute Gasteiger partial charge is 0.114 e. The zero-order valence-corrected chi connectivity index (χ0v) is 9.67. The third kappa shape index (κ3) is 2.84. The highest BCUT2D eigenvalue weighted by Gasteiger charge is 2.18. The first-order valence-corrected chi connectivity index (χ1v) is 5.22. The molecule has 1 heterocycles. The minimum Gasteiger partial charge on any atom is -0.334 e. The van der Waals surface area contributed by atoms with Crippen LogP contribution in [0.3, 0.4) is 0 Å². The Balaban J connectivity index is 2.63. The quantitative estimate of drug-likeness (QED) is 0.742. The van der Waals surface area contributed by atoms with Gasteiger partial charge in [-0.3, -0.25) is 0 Å². The summed E-state index contributed by atoms with van der Waals surface area (Å²) in [5, 5.41) is 3.15. The zero-order chi connectivity index (χ0) is 10.6. The Morgan fingerprint density at radius 1 is 1.43 bits per heavy atom. The van der Waals surface area contributed by atoms with Crippen molar-refractivity contribution in [2.45, 2.75) is 39.2 Å². The molecular weight excluding hydrogens is 174 g/mol. The molecule has 0 fully saturated rings. The van der Waals surface area contributed by atoms with Crippen LogP contribution in [-0.4, -0.2) is 23.1 Å². The summed E-state index contributed by atoms with van der Waals surface area (Å²) in [6, 6.07) is 0. The molecule has 0 aromatic carbocycles. The van der Waals surface area contributed by atoms with Gasteiger partial charge in [0.05, 0.1) is 0 Å². The van der Waals surface area contributed by atoms with Crippen LogP contribution in [-0.2, 0) is 12.0 Å². The third-order valence-electron chi connectivity index (χ3n) is 2.21. The molecule has 0 aliphatic rings. The van der Waals surface area contributed by atoms with Gasteiger partial charge in [-0.05, 0) is 20.0 Å². The van der Waals surface area contributed by atoms with Crippen molar-refractivity contribution in [3.05, 3.63) is 18.2 Å². The maximum Gasteiger partial charge on any atom is 0.114 e. The second-order valence-corrected chi connectivity index (χ2v) is 4.65. The van der Waals surface area contributed by atoms with Gasteiger partial charge in [-0.2, -0.15) is 0 Å². The highest BCUT2D eigenvalue weighted by Crippen LogP contribution is 2.20. The lowest BCUT2D eigenvalue weighted by Crippen LogP contribution is -2.20. The third-order valence-corrected chi connectivity index (χ3v) is 2.21. The molecule has 0 amide bonds.